The Morgan fingerprint density at radius 2 is 1.80 bits per heavy atom. The SMILES string of the molecule is CN1CCN(CC2CCN(C3C(F)CNCC3NC(=O)C3C(N)NN4CC(F)CNC34)CC2)CC1. The van der Waals surface area contributed by atoms with Crippen molar-refractivity contribution in [1.82, 2.24) is 41.1 Å². The number of nitrogens with two attached hydrogens (primary N) is 1. The van der Waals surface area contributed by atoms with Crippen LogP contribution >= 0.6 is 0 Å². The predicted molar refractivity (Wildman–Crippen MR) is 130 cm³/mol. The van der Waals surface area contributed by atoms with E-state index in [9.17, 15) is 9.18 Å². The Balaban J connectivity index is 1.16. The van der Waals surface area contributed by atoms with Gasteiger partial charge in [0.2, 0.25) is 5.91 Å². The van der Waals surface area contributed by atoms with Crippen LogP contribution in [-0.4, -0.2) is 141 Å². The number of nitrogens with zero attached hydrogens (tertiary/aromatic N) is 4. The van der Waals surface area contributed by atoms with Crippen molar-refractivity contribution < 1.29 is 13.6 Å². The van der Waals surface area contributed by atoms with E-state index < -0.39 is 24.4 Å². The molecule has 0 bridgehead atoms. The van der Waals surface area contributed by atoms with Crippen molar-refractivity contribution in [3.05, 3.63) is 0 Å². The number of nitrogens with one attached hydrogen (secondary N) is 4. The summed E-state index contributed by atoms with van der Waals surface area (Å²) in [6.07, 6.45) is -0.905. The van der Waals surface area contributed by atoms with Crippen LogP contribution in [-0.2, 0) is 4.79 Å². The molecule has 5 rings (SSSR count). The van der Waals surface area contributed by atoms with Crippen LogP contribution in [0, 0.1) is 11.8 Å². The Morgan fingerprint density at radius 3 is 2.54 bits per heavy atom. The van der Waals surface area contributed by atoms with Crippen molar-refractivity contribution in [2.45, 2.75) is 49.6 Å². The molecule has 0 aromatic rings. The molecule has 5 saturated heterocycles. The van der Waals surface area contributed by atoms with Crippen LogP contribution < -0.4 is 27.1 Å². The van der Waals surface area contributed by atoms with Gasteiger partial charge in [0, 0.05) is 58.9 Å². The van der Waals surface area contributed by atoms with Gasteiger partial charge in [0.05, 0.1) is 30.3 Å². The number of hydrogen-bond acceptors (Lipinski definition) is 9. The highest BCUT2D eigenvalue weighted by Crippen LogP contribution is 2.26. The molecule has 10 nitrogen and oxygen atoms in total. The maximum absolute atomic E-state index is 15.2. The molecule has 0 radical (unpaired) electrons. The molecule has 5 aliphatic rings. The number of rotatable bonds is 5. The number of piperazine rings is 1. The van der Waals surface area contributed by atoms with Gasteiger partial charge >= 0.3 is 0 Å². The van der Waals surface area contributed by atoms with E-state index >= 15 is 4.39 Å². The number of carbonyl (C=O) groups is 1. The molecule has 35 heavy (non-hydrogen) atoms. The Hall–Kier alpha value is -0.990. The van der Waals surface area contributed by atoms with Crippen molar-refractivity contribution in [3.8, 4) is 0 Å². The zero-order valence-electron chi connectivity index (χ0n) is 20.8. The zero-order chi connectivity index (χ0) is 24.5. The van der Waals surface area contributed by atoms with Crippen molar-refractivity contribution in [2.24, 2.45) is 17.6 Å². The van der Waals surface area contributed by atoms with Gasteiger partial charge in [-0.1, -0.05) is 0 Å². The summed E-state index contributed by atoms with van der Waals surface area (Å²) in [6.45, 7) is 8.58. The van der Waals surface area contributed by atoms with E-state index in [2.05, 4.69) is 43.1 Å². The number of carbonyl (C=O) groups excluding carboxylic acids is 1. The number of fused-ring (bicyclic) bond motifs is 1. The minimum atomic E-state index is -1.05. The standard InChI is InChI=1S/C23H43F2N9O/c1-31-6-8-32(9-7-31)13-15-2-4-33(5-3-15)20-17(25)11-27-12-18(20)29-23(35)19-21(26)30-34-14-16(24)10-28-22(19)34/h15-22,27-28,30H,2-14,26H2,1H3,(H,29,35). The third-order valence-corrected chi connectivity index (χ3v) is 8.62. The molecule has 7 unspecified atom stereocenters. The van der Waals surface area contributed by atoms with E-state index in [0.29, 0.717) is 19.0 Å². The largest absolute Gasteiger partial charge is 0.350 e. The topological polar surface area (TPSA) is 104 Å². The summed E-state index contributed by atoms with van der Waals surface area (Å²) in [5, 5.41) is 11.0. The molecule has 0 aromatic carbocycles. The fourth-order valence-electron chi connectivity index (χ4n) is 6.58. The number of hydrogen-bond donors (Lipinski definition) is 5. The number of piperidine rings is 2. The smallest absolute Gasteiger partial charge is 0.229 e. The first kappa shape index (κ1) is 25.7. The van der Waals surface area contributed by atoms with Gasteiger partial charge in [0.15, 0.2) is 0 Å². The Bertz CT molecular complexity index is 719. The van der Waals surface area contributed by atoms with Gasteiger partial charge in [-0.3, -0.25) is 15.0 Å². The van der Waals surface area contributed by atoms with E-state index in [4.69, 9.17) is 5.73 Å². The highest BCUT2D eigenvalue weighted by atomic mass is 19.1. The van der Waals surface area contributed by atoms with Crippen LogP contribution in [0.5, 0.6) is 0 Å². The summed E-state index contributed by atoms with van der Waals surface area (Å²) < 4.78 is 29.0. The number of alkyl halides is 2. The van der Waals surface area contributed by atoms with Gasteiger partial charge in [-0.25, -0.2) is 19.2 Å². The Labute approximate surface area is 207 Å². The lowest BCUT2D eigenvalue weighted by Gasteiger charge is -2.46. The van der Waals surface area contributed by atoms with Crippen LogP contribution in [0.15, 0.2) is 0 Å². The van der Waals surface area contributed by atoms with Gasteiger partial charge in [0.25, 0.3) is 0 Å². The summed E-state index contributed by atoms with van der Waals surface area (Å²) in [7, 11) is 2.18. The molecule has 12 heteroatoms. The minimum absolute atomic E-state index is 0.193. The molecule has 7 atom stereocenters. The highest BCUT2D eigenvalue weighted by molar-refractivity contribution is 5.81. The quantitative estimate of drug-likeness (QED) is 0.287. The zero-order valence-corrected chi connectivity index (χ0v) is 20.8. The minimum Gasteiger partial charge on any atom is -0.350 e. The average Bonchev–Trinajstić information content (AvgIpc) is 3.16. The second-order valence-electron chi connectivity index (χ2n) is 11.1. The molecule has 5 aliphatic heterocycles. The lowest BCUT2D eigenvalue weighted by Crippen LogP contribution is -2.67. The predicted octanol–water partition coefficient (Wildman–Crippen LogP) is -2.27. The lowest BCUT2D eigenvalue weighted by atomic mass is 9.90. The van der Waals surface area contributed by atoms with Crippen molar-refractivity contribution in [3.63, 3.8) is 0 Å². The van der Waals surface area contributed by atoms with Crippen LogP contribution in [0.2, 0.25) is 0 Å². The van der Waals surface area contributed by atoms with Gasteiger partial charge in [-0.05, 0) is 38.9 Å². The maximum atomic E-state index is 15.2. The van der Waals surface area contributed by atoms with Crippen molar-refractivity contribution in [1.29, 1.82) is 0 Å². The molecule has 5 heterocycles. The molecular weight excluding hydrogens is 456 g/mol. The molecule has 6 N–H and O–H groups in total. The summed E-state index contributed by atoms with van der Waals surface area (Å²) in [4.78, 5) is 20.5. The first-order valence-electron chi connectivity index (χ1n) is 13.3. The second kappa shape index (κ2) is 11.2. The van der Waals surface area contributed by atoms with Gasteiger partial charge in [0.1, 0.15) is 12.3 Å². The number of hydrazine groups is 1. The fourth-order valence-corrected chi connectivity index (χ4v) is 6.58. The van der Waals surface area contributed by atoms with Crippen LogP contribution in [0.3, 0.4) is 0 Å². The first-order chi connectivity index (χ1) is 16.9. The number of amides is 1. The molecule has 200 valence electrons. The average molecular weight is 500 g/mol. The van der Waals surface area contributed by atoms with Gasteiger partial charge < -0.3 is 26.2 Å². The second-order valence-corrected chi connectivity index (χ2v) is 11.1. The van der Waals surface area contributed by atoms with E-state index in [-0.39, 0.29) is 37.2 Å². The molecular formula is C23H43F2N9O. The summed E-state index contributed by atoms with van der Waals surface area (Å²) in [6, 6.07) is -0.680. The van der Waals surface area contributed by atoms with Crippen molar-refractivity contribution in [2.75, 3.05) is 79.0 Å². The van der Waals surface area contributed by atoms with Gasteiger partial charge in [-0.15, -0.1) is 0 Å². The van der Waals surface area contributed by atoms with Gasteiger partial charge in [-0.2, -0.15) is 0 Å². The number of likely N-dealkylation sites (N-methyl/N-ethyl adjacent to an activating group) is 1. The summed E-state index contributed by atoms with van der Waals surface area (Å²) in [5.41, 5.74) is 9.23. The Kier molecular flexibility index (Phi) is 8.19. The van der Waals surface area contributed by atoms with Crippen LogP contribution in [0.1, 0.15) is 12.8 Å². The Morgan fingerprint density at radius 1 is 1.06 bits per heavy atom. The lowest BCUT2D eigenvalue weighted by molar-refractivity contribution is -0.128. The van der Waals surface area contributed by atoms with E-state index in [1.807, 2.05) is 0 Å². The maximum Gasteiger partial charge on any atom is 0.229 e. The fraction of sp³-hybridized carbons (Fsp3) is 0.957. The first-order valence-corrected chi connectivity index (χ1v) is 13.3. The molecule has 1 amide bonds. The molecule has 5 fully saturated rings. The highest BCUT2D eigenvalue weighted by Gasteiger charge is 2.48. The summed E-state index contributed by atoms with van der Waals surface area (Å²) in [5.74, 6) is -0.136. The third kappa shape index (κ3) is 5.80. The van der Waals surface area contributed by atoms with E-state index in [1.165, 1.54) is 0 Å². The molecule has 0 aromatic heterocycles. The van der Waals surface area contributed by atoms with Crippen LogP contribution in [0.25, 0.3) is 0 Å². The molecule has 0 saturated carbocycles. The molecule has 0 aliphatic carbocycles. The summed E-state index contributed by atoms with van der Waals surface area (Å²) >= 11 is 0. The third-order valence-electron chi connectivity index (χ3n) is 8.62. The number of halogens is 2. The van der Waals surface area contributed by atoms with Crippen molar-refractivity contribution >= 4 is 5.91 Å². The molecule has 0 spiro atoms. The normalized spacial score (nSPS) is 41.1. The van der Waals surface area contributed by atoms with E-state index in [1.54, 1.807) is 5.01 Å². The monoisotopic (exact) mass is 499 g/mol. The number of likely N-dealkylation sites (tertiary alicyclic amines) is 1. The van der Waals surface area contributed by atoms with E-state index in [0.717, 1.165) is 58.7 Å². The van der Waals surface area contributed by atoms with Crippen LogP contribution in [0.4, 0.5) is 8.78 Å².